The molecule has 4 rings (SSSR count). The third kappa shape index (κ3) is 12.0. The zero-order chi connectivity index (χ0) is 35.2. The van der Waals surface area contributed by atoms with Crippen molar-refractivity contribution >= 4 is 33.6 Å². The van der Waals surface area contributed by atoms with Gasteiger partial charge >= 0.3 is 5.97 Å². The third-order valence-corrected chi connectivity index (χ3v) is 9.14. The highest BCUT2D eigenvalue weighted by Gasteiger charge is 2.29. The normalized spacial score (nSPS) is 12.4. The lowest BCUT2D eigenvalue weighted by molar-refractivity contribution is -0.130. The van der Waals surface area contributed by atoms with Gasteiger partial charge in [0.25, 0.3) is 0 Å². The topological polar surface area (TPSA) is 204 Å². The molecule has 0 aliphatic rings. The van der Waals surface area contributed by atoms with Gasteiger partial charge in [0.1, 0.15) is 17.9 Å². The highest BCUT2D eigenvalue weighted by atomic mass is 32.2. The second kappa shape index (κ2) is 17.7. The average molecular weight is 685 g/mol. The molecule has 4 aromatic rings. The molecule has 12 nitrogen and oxygen atoms in total. The molecule has 0 radical (unpaired) electrons. The molecule has 2 amide bonds. The van der Waals surface area contributed by atoms with Crippen LogP contribution in [0.1, 0.15) is 57.4 Å². The van der Waals surface area contributed by atoms with Crippen molar-refractivity contribution in [1.29, 1.82) is 5.41 Å². The number of benzene rings is 3. The molecule has 0 aliphatic carbocycles. The van der Waals surface area contributed by atoms with E-state index in [4.69, 9.17) is 11.1 Å². The number of aryl methyl sites for hydroxylation is 2. The molecule has 2 atom stereocenters. The number of amidine groups is 1. The van der Waals surface area contributed by atoms with Crippen LogP contribution in [0.15, 0.2) is 103 Å². The van der Waals surface area contributed by atoms with Crippen LogP contribution in [0.25, 0.3) is 0 Å². The molecule has 2 unspecified atom stereocenters. The molecule has 0 bridgehead atoms. The van der Waals surface area contributed by atoms with Crippen molar-refractivity contribution in [3.63, 3.8) is 0 Å². The number of carbonyl (C=O) groups excluding carboxylic acids is 2. The average Bonchev–Trinajstić information content (AvgIpc) is 3.09. The Hall–Kier alpha value is -5.40. The van der Waals surface area contributed by atoms with Gasteiger partial charge in [-0.15, -0.1) is 0 Å². The first-order chi connectivity index (χ1) is 23.5. The van der Waals surface area contributed by atoms with E-state index in [9.17, 15) is 27.9 Å². The van der Waals surface area contributed by atoms with Gasteiger partial charge in [0.2, 0.25) is 21.8 Å². The molecule has 256 valence electrons. The van der Waals surface area contributed by atoms with Gasteiger partial charge in [-0.05, 0) is 72.6 Å². The van der Waals surface area contributed by atoms with E-state index >= 15 is 0 Å². The SMILES string of the molecule is N=C(N)c1ccc(CNC(=O)C(CCc2ccccc2)NC(=O)C(CCCc2cccnc2)NS(=O)(=O)Cc2cccc(C(=O)O)c2)cc1. The third-order valence-electron chi connectivity index (χ3n) is 7.78. The molecule has 1 aromatic heterocycles. The number of aromatic nitrogens is 1. The Morgan fingerprint density at radius 2 is 1.49 bits per heavy atom. The first kappa shape index (κ1) is 36.4. The molecule has 49 heavy (non-hydrogen) atoms. The molecule has 0 aliphatic heterocycles. The van der Waals surface area contributed by atoms with Gasteiger partial charge in [-0.2, -0.15) is 0 Å². The highest BCUT2D eigenvalue weighted by molar-refractivity contribution is 7.88. The van der Waals surface area contributed by atoms with Crippen LogP contribution in [-0.2, 0) is 44.8 Å². The number of aromatic carboxylic acids is 1. The molecule has 13 heteroatoms. The van der Waals surface area contributed by atoms with Crippen molar-refractivity contribution in [2.75, 3.05) is 0 Å². The maximum absolute atomic E-state index is 13.8. The van der Waals surface area contributed by atoms with E-state index in [2.05, 4.69) is 20.3 Å². The molecule has 0 spiro atoms. The number of carboxylic acid groups (broad SMARTS) is 1. The van der Waals surface area contributed by atoms with Gasteiger partial charge in [0.05, 0.1) is 11.3 Å². The Labute approximate surface area is 285 Å². The van der Waals surface area contributed by atoms with Crippen molar-refractivity contribution in [3.8, 4) is 0 Å². The summed E-state index contributed by atoms with van der Waals surface area (Å²) in [5.41, 5.74) is 8.93. The molecule has 7 N–H and O–H groups in total. The maximum atomic E-state index is 13.8. The first-order valence-electron chi connectivity index (χ1n) is 15.8. The minimum Gasteiger partial charge on any atom is -0.478 e. The van der Waals surface area contributed by atoms with Gasteiger partial charge in [0, 0.05) is 24.5 Å². The van der Waals surface area contributed by atoms with Gasteiger partial charge < -0.3 is 21.5 Å². The Bertz CT molecular complexity index is 1840. The molecular formula is C36H40N6O6S. The van der Waals surface area contributed by atoms with Crippen LogP contribution in [0.2, 0.25) is 0 Å². The number of nitrogen functional groups attached to an aromatic ring is 1. The molecular weight excluding hydrogens is 644 g/mol. The van der Waals surface area contributed by atoms with Gasteiger partial charge in [-0.1, -0.05) is 72.8 Å². The van der Waals surface area contributed by atoms with Crippen LogP contribution < -0.4 is 21.1 Å². The van der Waals surface area contributed by atoms with Crippen molar-refractivity contribution in [2.45, 2.75) is 56.5 Å². The maximum Gasteiger partial charge on any atom is 0.335 e. The number of nitrogens with two attached hydrogens (primary N) is 1. The van der Waals surface area contributed by atoms with Gasteiger partial charge in [-0.25, -0.2) is 17.9 Å². The predicted molar refractivity (Wildman–Crippen MR) is 186 cm³/mol. The lowest BCUT2D eigenvalue weighted by Crippen LogP contribution is -2.53. The Morgan fingerprint density at radius 3 is 2.16 bits per heavy atom. The van der Waals surface area contributed by atoms with Crippen molar-refractivity contribution < 1.29 is 27.9 Å². The standard InChI is InChI=1S/C36H40N6O6S/c37-33(38)29-17-14-27(15-18-29)23-40-34(43)31(19-16-25-7-2-1-3-8-25)41-35(44)32(13-5-9-26-11-6-20-39-22-26)42-49(47,48)24-28-10-4-12-30(21-28)36(45)46/h1-4,6-8,10-12,14-15,17-18,20-22,31-32,42H,5,9,13,16,19,23-24H2,(H3,37,38)(H,40,43)(H,41,44)(H,45,46). The summed E-state index contributed by atoms with van der Waals surface area (Å²) in [6.45, 7) is 0.158. The van der Waals surface area contributed by atoms with E-state index < -0.39 is 45.6 Å². The van der Waals surface area contributed by atoms with E-state index in [1.54, 1.807) is 42.7 Å². The van der Waals surface area contributed by atoms with Gasteiger partial charge in [0.15, 0.2) is 0 Å². The number of pyridine rings is 1. The largest absolute Gasteiger partial charge is 0.478 e. The van der Waals surface area contributed by atoms with Crippen LogP contribution in [0, 0.1) is 5.41 Å². The van der Waals surface area contributed by atoms with Crippen LogP contribution in [0.3, 0.4) is 0 Å². The number of nitrogens with zero attached hydrogens (tertiary/aromatic N) is 1. The number of rotatable bonds is 18. The molecule has 0 saturated carbocycles. The smallest absolute Gasteiger partial charge is 0.335 e. The molecule has 0 saturated heterocycles. The Morgan fingerprint density at radius 1 is 0.776 bits per heavy atom. The minimum atomic E-state index is -4.12. The van der Waals surface area contributed by atoms with Crippen LogP contribution in [0.4, 0.5) is 0 Å². The van der Waals surface area contributed by atoms with Crippen molar-refractivity contribution in [3.05, 3.63) is 137 Å². The predicted octanol–water partition coefficient (Wildman–Crippen LogP) is 3.31. The number of amides is 2. The van der Waals surface area contributed by atoms with E-state index in [0.29, 0.717) is 24.8 Å². The quantitative estimate of drug-likeness (QED) is 0.0676. The fourth-order valence-corrected chi connectivity index (χ4v) is 6.54. The summed E-state index contributed by atoms with van der Waals surface area (Å²) < 4.78 is 29.2. The summed E-state index contributed by atoms with van der Waals surface area (Å²) in [4.78, 5) is 42.9. The van der Waals surface area contributed by atoms with Crippen LogP contribution in [0.5, 0.6) is 0 Å². The lowest BCUT2D eigenvalue weighted by Gasteiger charge is -2.23. The first-order valence-corrected chi connectivity index (χ1v) is 17.4. The fourth-order valence-electron chi connectivity index (χ4n) is 5.18. The molecule has 0 fully saturated rings. The minimum absolute atomic E-state index is 0.0551. The second-order valence-corrected chi connectivity index (χ2v) is 13.4. The zero-order valence-corrected chi connectivity index (χ0v) is 27.7. The number of nitrogens with one attached hydrogen (secondary N) is 4. The van der Waals surface area contributed by atoms with Crippen LogP contribution in [-0.4, -0.2) is 54.2 Å². The lowest BCUT2D eigenvalue weighted by atomic mass is 10.0. The number of hydrogen-bond acceptors (Lipinski definition) is 7. The van der Waals surface area contributed by atoms with Crippen molar-refractivity contribution in [2.24, 2.45) is 5.73 Å². The summed E-state index contributed by atoms with van der Waals surface area (Å²) in [6.07, 6.45) is 5.19. The second-order valence-electron chi connectivity index (χ2n) is 11.6. The number of hydrogen-bond donors (Lipinski definition) is 6. The summed E-state index contributed by atoms with van der Waals surface area (Å²) >= 11 is 0. The highest BCUT2D eigenvalue weighted by Crippen LogP contribution is 2.13. The molecule has 3 aromatic carbocycles. The van der Waals surface area contributed by atoms with E-state index in [0.717, 1.165) is 16.7 Å². The summed E-state index contributed by atoms with van der Waals surface area (Å²) in [5.74, 6) is -2.90. The monoisotopic (exact) mass is 684 g/mol. The van der Waals surface area contributed by atoms with Crippen molar-refractivity contribution in [1.82, 2.24) is 20.3 Å². The number of sulfonamides is 1. The molecule has 1 heterocycles. The number of carboxylic acids is 1. The van der Waals surface area contributed by atoms with Crippen LogP contribution >= 0.6 is 0 Å². The Kier molecular flexibility index (Phi) is 13.1. The van der Waals surface area contributed by atoms with E-state index in [1.165, 1.54) is 24.3 Å². The zero-order valence-electron chi connectivity index (χ0n) is 26.8. The summed E-state index contributed by atoms with van der Waals surface area (Å²) in [6, 6.07) is 23.4. The summed E-state index contributed by atoms with van der Waals surface area (Å²) in [7, 11) is -4.12. The van der Waals surface area contributed by atoms with E-state index in [-0.39, 0.29) is 36.3 Å². The fraction of sp³-hybridized carbons (Fsp3) is 0.250. The Balaban J connectivity index is 1.51. The number of carbonyl (C=O) groups is 3. The summed E-state index contributed by atoms with van der Waals surface area (Å²) in [5, 5.41) is 22.5. The van der Waals surface area contributed by atoms with Gasteiger partial charge in [-0.3, -0.25) is 20.0 Å². The van der Waals surface area contributed by atoms with E-state index in [1.807, 2.05) is 36.4 Å².